The number of nitrogens with one attached hydrogen (secondary N) is 3. The van der Waals surface area contributed by atoms with Gasteiger partial charge in [0.25, 0.3) is 5.56 Å². The van der Waals surface area contributed by atoms with Gasteiger partial charge in [0, 0.05) is 23.7 Å². The lowest BCUT2D eigenvalue weighted by Crippen LogP contribution is -2.33. The Morgan fingerprint density at radius 3 is 0.852 bits per heavy atom. The van der Waals surface area contributed by atoms with Gasteiger partial charge in [-0.15, -0.1) is 0 Å². The Bertz CT molecular complexity index is 5810. The Hall–Kier alpha value is -12.1. The average molecular weight is 1920 g/mol. The first-order chi connectivity index (χ1) is 58.6. The number of rotatable bonds is 27. The Kier molecular flexibility index (Phi) is 26.0. The zero-order valence-corrected chi connectivity index (χ0v) is 61.2. The van der Waals surface area contributed by atoms with E-state index in [4.69, 9.17) is 33.2 Å². The van der Waals surface area contributed by atoms with Gasteiger partial charge in [0.05, 0.1) is 50.9 Å². The summed E-state index contributed by atoms with van der Waals surface area (Å²) in [6.07, 6.45) is -77.4. The van der Waals surface area contributed by atoms with Crippen LogP contribution in [0.3, 0.4) is 0 Å². The molecular formula is C65H40F36N10O17. The molecule has 128 heavy (non-hydrogen) atoms. The van der Waals surface area contributed by atoms with E-state index in [0.717, 1.165) is 0 Å². The van der Waals surface area contributed by atoms with Crippen molar-refractivity contribution in [3.8, 4) is 126 Å². The smallest absolute Gasteiger partial charge is 0.422 e. The van der Waals surface area contributed by atoms with Gasteiger partial charge >= 0.3 is 79.8 Å². The Labute approximate surface area is 678 Å². The Morgan fingerprint density at radius 1 is 0.328 bits per heavy atom. The summed E-state index contributed by atoms with van der Waals surface area (Å²) in [5.41, 5.74) is -19.0. The van der Waals surface area contributed by atoms with E-state index in [1.807, 2.05) is 9.97 Å². The number of benzene rings is 4. The molecule has 3 aliphatic rings. The third-order valence-electron chi connectivity index (χ3n) is 16.2. The molecule has 3 atom stereocenters. The van der Waals surface area contributed by atoms with Crippen molar-refractivity contribution in [3.05, 3.63) is 45.2 Å². The third-order valence-corrected chi connectivity index (χ3v) is 16.2. The fourth-order valence-corrected chi connectivity index (χ4v) is 11.8. The van der Waals surface area contributed by atoms with Crippen LogP contribution in [0.5, 0.6) is 69.0 Å². The molecule has 5 N–H and O–H groups in total. The molecule has 704 valence electrons. The maximum atomic E-state index is 14.8. The quantitative estimate of drug-likeness (QED) is 0.0299. The fraction of sp³-hybridized carbons (Fsp3) is 0.446. The Balaban J connectivity index is 1.53. The molecule has 0 unspecified atom stereocenters. The Morgan fingerprint density at radius 2 is 0.578 bits per heavy atom. The topological polar surface area (TPSA) is 324 Å². The van der Waals surface area contributed by atoms with Gasteiger partial charge < -0.3 is 81.8 Å². The van der Waals surface area contributed by atoms with Gasteiger partial charge in [0.1, 0.15) is 34.9 Å². The fourth-order valence-electron chi connectivity index (χ4n) is 11.8. The summed E-state index contributed by atoms with van der Waals surface area (Å²) in [4.78, 5) is 56.1. The summed E-state index contributed by atoms with van der Waals surface area (Å²) >= 11 is 0. The molecule has 3 aliphatic heterocycles. The first-order valence-electron chi connectivity index (χ1n) is 33.9. The molecular weight excluding hydrogens is 1880 g/mol. The van der Waals surface area contributed by atoms with Crippen LogP contribution in [0.1, 0.15) is 12.6 Å². The summed E-state index contributed by atoms with van der Waals surface area (Å²) in [7, 11) is 0. The third kappa shape index (κ3) is 23.8. The highest BCUT2D eigenvalue weighted by atomic mass is 19.5. The monoisotopic (exact) mass is 1920 g/mol. The highest BCUT2D eigenvalue weighted by Gasteiger charge is 2.48. The number of alkyl halides is 36. The van der Waals surface area contributed by atoms with Gasteiger partial charge in [-0.25, -0.2) is 34.7 Å². The maximum absolute atomic E-state index is 14.8. The summed E-state index contributed by atoms with van der Waals surface area (Å²) in [6.45, 7) is -38.7. The zero-order chi connectivity index (χ0) is 95.1. The number of halogens is 36. The van der Waals surface area contributed by atoms with E-state index in [0.29, 0.717) is 29.0 Å². The number of H-pyrrole nitrogens is 3. The summed E-state index contributed by atoms with van der Waals surface area (Å²) in [5, 5.41) is 12.3. The van der Waals surface area contributed by atoms with Crippen LogP contribution in [0.15, 0.2) is 34.0 Å². The van der Waals surface area contributed by atoms with Gasteiger partial charge in [-0.1, -0.05) is 6.07 Å². The normalized spacial score (nSPS) is 15.8. The number of nitrogens with zero attached hydrogens (tertiary/aromatic N) is 7. The van der Waals surface area contributed by atoms with Gasteiger partial charge in [0.2, 0.25) is 34.5 Å². The summed E-state index contributed by atoms with van der Waals surface area (Å²) in [5.74, 6) is -37.4. The molecule has 1 fully saturated rings. The predicted octanol–water partition coefficient (Wildman–Crippen LogP) is 16.3. The van der Waals surface area contributed by atoms with E-state index < -0.39 is 366 Å². The van der Waals surface area contributed by atoms with Crippen LogP contribution < -0.4 is 68.1 Å². The molecule has 0 aliphatic carbocycles. The number of hydrogen-bond acceptors (Lipinski definition) is 23. The lowest BCUT2D eigenvalue weighted by molar-refractivity contribution is -0.162. The molecule has 63 heteroatoms. The second-order valence-electron chi connectivity index (χ2n) is 26.2. The largest absolute Gasteiger partial charge is 0.479 e. The number of hydrogen-bond donors (Lipinski definition) is 5. The van der Waals surface area contributed by atoms with E-state index in [-0.39, 0.29) is 0 Å². The van der Waals surface area contributed by atoms with E-state index in [9.17, 15) is 178 Å². The molecule has 8 aromatic rings. The van der Waals surface area contributed by atoms with Crippen LogP contribution in [0, 0.1) is 0 Å². The number of fused-ring (bicyclic) bond motifs is 20. The van der Waals surface area contributed by atoms with Crippen molar-refractivity contribution in [2.45, 2.75) is 99.0 Å². The van der Waals surface area contributed by atoms with E-state index in [2.05, 4.69) is 58.3 Å². The molecule has 0 spiro atoms. The molecule has 27 nitrogen and oxygen atoms in total. The highest BCUT2D eigenvalue weighted by Crippen LogP contribution is 2.62. The van der Waals surface area contributed by atoms with E-state index in [1.165, 1.54) is 0 Å². The van der Waals surface area contributed by atoms with Crippen molar-refractivity contribution in [1.29, 1.82) is 0 Å². The lowest BCUT2D eigenvalue weighted by atomic mass is 10.0. The number of aliphatic hydroxyl groups is 2. The van der Waals surface area contributed by atoms with Crippen LogP contribution in [0.2, 0.25) is 0 Å². The van der Waals surface area contributed by atoms with E-state index >= 15 is 0 Å². The molecule has 0 saturated carbocycles. The van der Waals surface area contributed by atoms with Crippen molar-refractivity contribution in [3.63, 3.8) is 0 Å². The van der Waals surface area contributed by atoms with Crippen LogP contribution in [-0.4, -0.2) is 232 Å². The second-order valence-corrected chi connectivity index (χ2v) is 26.2. The van der Waals surface area contributed by atoms with Gasteiger partial charge in [-0.3, -0.25) is 14.3 Å². The molecule has 4 aromatic heterocycles. The minimum Gasteiger partial charge on any atom is -0.479 e. The number of aromatic amines is 3. The average Bonchev–Trinajstić information content (AvgIpc) is 1.55. The highest BCUT2D eigenvalue weighted by molar-refractivity contribution is 6.16. The first-order valence-corrected chi connectivity index (χ1v) is 33.9. The van der Waals surface area contributed by atoms with E-state index in [1.54, 1.807) is 4.98 Å². The van der Waals surface area contributed by atoms with Crippen LogP contribution in [-0.2, 0) is 4.74 Å². The van der Waals surface area contributed by atoms with Crippen LogP contribution >= 0.6 is 0 Å². The standard InChI is InChI=1S/C65H40F36N10O17/c66-54(67,68)7-116-32-26-28(34(118-9-56(72,73)74)40(124-15-62(90,91)92)38(32)122-13-60(84,85)86)48-105-46(26)103-44-20-2-1-19(22-5-111(53(115)110-52(22)114)25-4-23(113)24(6-112)128-25)3-21(20)45(102-44)104-47-27-29(35(119-10-57(75,76)77)41(125-16-63(93,94)95)39(123-14-61(87,88)89)33(27)117-8-55(69,70)71)49(106-47)108-51-31-30(50(107-48)109-51)36(120-11-58(78,79)80)42(126-17-64(96,97)98)43(127-18-65(99,100)101)37(31)121-12-59(81,82)83/h1-3,5,23-25,112-113H,4,6-18H2,(H,110,114,115)(H2,102,103,104,105,106,107,108,109)/t23-,24+,25+/m0/s1. The van der Waals surface area contributed by atoms with Crippen LogP contribution in [0.25, 0.3) is 101 Å². The molecule has 8 bridgehead atoms. The van der Waals surface area contributed by atoms with Crippen molar-refractivity contribution in [2.24, 2.45) is 0 Å². The van der Waals surface area contributed by atoms with Crippen molar-refractivity contribution >= 4 is 44.1 Å². The van der Waals surface area contributed by atoms with Crippen LogP contribution in [0.4, 0.5) is 158 Å². The van der Waals surface area contributed by atoms with Crippen molar-refractivity contribution in [2.75, 3.05) is 85.9 Å². The molecule has 7 heterocycles. The summed E-state index contributed by atoms with van der Waals surface area (Å²) in [6, 6.07) is 1.83. The number of ether oxygens (including phenoxy) is 13. The number of aromatic nitrogens is 10. The van der Waals surface area contributed by atoms with Gasteiger partial charge in [-0.05, 0) is 17.7 Å². The second kappa shape index (κ2) is 34.5. The number of aliphatic hydroxyl groups excluding tert-OH is 2. The minimum atomic E-state index is -6.14. The summed E-state index contributed by atoms with van der Waals surface area (Å²) < 4.78 is 591. The minimum absolute atomic E-state index is 0.507. The SMILES string of the molecule is O=c1[nH]c(=O)n([C@H]2C[C@H](O)[C@@H](CO)O2)cc1-c1ccc2c(c1)-c1nc-2nc2[nH]c(nc3nc(nc4[nH]c(n1)c1c(OCC(F)(F)F)c(OCC(F)(F)F)c(OCC(F)(F)F)c(OCC(F)(F)F)c41)-c1c(OCC(F)(F)F)c(OCC(F)(F)F)c(OCC(F)(F)F)c(OCC(F)(F)F)c1-3)c1c(OCC(F)(F)F)c(OCC(F)(F)F)c(OCC(F)(F)F)c(OCC(F)(F)F)c21. The van der Waals surface area contributed by atoms with Gasteiger partial charge in [-0.2, -0.15) is 158 Å². The zero-order valence-electron chi connectivity index (χ0n) is 61.2. The lowest BCUT2D eigenvalue weighted by Gasteiger charge is -2.24. The first kappa shape index (κ1) is 96.5. The van der Waals surface area contributed by atoms with Crippen molar-refractivity contribution in [1.82, 2.24) is 49.4 Å². The van der Waals surface area contributed by atoms with Gasteiger partial charge in [0.15, 0.2) is 137 Å². The molecule has 1 saturated heterocycles. The molecule has 0 radical (unpaired) electrons. The van der Waals surface area contributed by atoms with Crippen molar-refractivity contribution < 1.29 is 230 Å². The maximum Gasteiger partial charge on any atom is 0.422 e. The molecule has 0 amide bonds. The predicted molar refractivity (Wildman–Crippen MR) is 347 cm³/mol. The molecule has 4 aromatic carbocycles. The molecule has 11 rings (SSSR count).